The van der Waals surface area contributed by atoms with Gasteiger partial charge in [0.05, 0.1) is 0 Å². The molecule has 3 heteroatoms. The number of carboxylic acids is 1. The van der Waals surface area contributed by atoms with E-state index >= 15 is 0 Å². The van der Waals surface area contributed by atoms with Crippen molar-refractivity contribution in [1.29, 1.82) is 0 Å². The van der Waals surface area contributed by atoms with Gasteiger partial charge >= 0.3 is 5.97 Å². The number of aryl methyl sites for hydroxylation is 3. The van der Waals surface area contributed by atoms with Crippen LogP contribution in [0.4, 0.5) is 0 Å². The van der Waals surface area contributed by atoms with Crippen molar-refractivity contribution in [2.24, 2.45) is 17.3 Å². The molecule has 114 valence electrons. The van der Waals surface area contributed by atoms with E-state index in [9.17, 15) is 14.7 Å². The summed E-state index contributed by atoms with van der Waals surface area (Å²) >= 11 is 0. The fourth-order valence-electron chi connectivity index (χ4n) is 3.77. The van der Waals surface area contributed by atoms with Gasteiger partial charge in [-0.2, -0.15) is 0 Å². The van der Waals surface area contributed by atoms with E-state index in [-0.39, 0.29) is 18.1 Å². The predicted octanol–water partition coefficient (Wildman–Crippen LogP) is 3.47. The van der Waals surface area contributed by atoms with E-state index in [4.69, 9.17) is 0 Å². The predicted molar refractivity (Wildman–Crippen MR) is 82.4 cm³/mol. The van der Waals surface area contributed by atoms with Crippen LogP contribution in [0.25, 0.3) is 0 Å². The Morgan fingerprint density at radius 1 is 1.19 bits per heavy atom. The van der Waals surface area contributed by atoms with Crippen LogP contribution in [0.3, 0.4) is 0 Å². The van der Waals surface area contributed by atoms with Crippen molar-refractivity contribution in [2.75, 3.05) is 0 Å². The molecule has 1 aliphatic carbocycles. The Balaban J connectivity index is 2.32. The topological polar surface area (TPSA) is 54.4 Å². The van der Waals surface area contributed by atoms with Crippen LogP contribution in [0.1, 0.15) is 42.5 Å². The highest BCUT2D eigenvalue weighted by Crippen LogP contribution is 2.52. The largest absolute Gasteiger partial charge is 0.480 e. The molecule has 0 radical (unpaired) electrons. The molecule has 1 aliphatic rings. The van der Waals surface area contributed by atoms with Gasteiger partial charge in [-0.1, -0.05) is 31.5 Å². The maximum Gasteiger partial charge on any atom is 0.317 e. The van der Waals surface area contributed by atoms with E-state index in [1.54, 1.807) is 0 Å². The quantitative estimate of drug-likeness (QED) is 0.863. The fourth-order valence-corrected chi connectivity index (χ4v) is 3.77. The molecule has 0 bridgehead atoms. The van der Waals surface area contributed by atoms with Gasteiger partial charge in [-0.3, -0.25) is 9.59 Å². The number of rotatable bonds is 4. The number of hydrogen-bond acceptors (Lipinski definition) is 2. The molecule has 21 heavy (non-hydrogen) atoms. The smallest absolute Gasteiger partial charge is 0.317 e. The summed E-state index contributed by atoms with van der Waals surface area (Å²) in [6.45, 7) is 9.91. The standard InChI is InChI=1S/C18H24O3/c1-10-6-11(2)15(12(3)7-10)8-16(19)18(17(20)21)9-13(4)14(18)5/h6-7,13-14H,8-9H2,1-5H3,(H,20,21). The minimum Gasteiger partial charge on any atom is -0.480 e. The maximum absolute atomic E-state index is 12.7. The van der Waals surface area contributed by atoms with Crippen LogP contribution in [0.15, 0.2) is 12.1 Å². The first-order valence-corrected chi connectivity index (χ1v) is 7.53. The second-order valence-corrected chi connectivity index (χ2v) is 6.72. The third kappa shape index (κ3) is 2.39. The Morgan fingerprint density at radius 2 is 1.71 bits per heavy atom. The van der Waals surface area contributed by atoms with Gasteiger partial charge in [0.15, 0.2) is 5.78 Å². The second-order valence-electron chi connectivity index (χ2n) is 6.72. The molecule has 1 aromatic rings. The Kier molecular flexibility index (Phi) is 3.96. The molecule has 3 nitrogen and oxygen atoms in total. The molecule has 1 N–H and O–H groups in total. The van der Waals surface area contributed by atoms with Gasteiger partial charge in [0.25, 0.3) is 0 Å². The summed E-state index contributed by atoms with van der Waals surface area (Å²) in [7, 11) is 0. The first kappa shape index (κ1) is 15.7. The summed E-state index contributed by atoms with van der Waals surface area (Å²) in [6.07, 6.45) is 0.688. The SMILES string of the molecule is Cc1cc(C)c(CC(=O)C2(C(=O)O)CC(C)C2C)c(C)c1. The molecule has 0 heterocycles. The van der Waals surface area contributed by atoms with E-state index in [1.165, 1.54) is 5.56 Å². The number of carbonyl (C=O) groups is 2. The van der Waals surface area contributed by atoms with Crippen LogP contribution in [0.2, 0.25) is 0 Å². The lowest BCUT2D eigenvalue weighted by Crippen LogP contribution is -2.56. The van der Waals surface area contributed by atoms with Crippen LogP contribution in [0, 0.1) is 38.0 Å². The number of aliphatic carboxylic acids is 1. The lowest BCUT2D eigenvalue weighted by molar-refractivity contribution is -0.172. The second kappa shape index (κ2) is 5.28. The van der Waals surface area contributed by atoms with Crippen molar-refractivity contribution in [3.05, 3.63) is 34.4 Å². The number of ketones is 1. The highest BCUT2D eigenvalue weighted by Gasteiger charge is 2.59. The minimum atomic E-state index is -1.18. The zero-order valence-electron chi connectivity index (χ0n) is 13.5. The first-order chi connectivity index (χ1) is 9.70. The molecule has 3 atom stereocenters. The van der Waals surface area contributed by atoms with Crippen molar-refractivity contribution >= 4 is 11.8 Å². The van der Waals surface area contributed by atoms with Gasteiger partial charge in [-0.05, 0) is 55.7 Å². The Hall–Kier alpha value is -1.64. The maximum atomic E-state index is 12.7. The average Bonchev–Trinajstić information content (AvgIpc) is 2.38. The third-order valence-corrected chi connectivity index (χ3v) is 5.33. The summed E-state index contributed by atoms with van der Waals surface area (Å²) < 4.78 is 0. The van der Waals surface area contributed by atoms with E-state index in [1.807, 2.05) is 34.6 Å². The van der Waals surface area contributed by atoms with Gasteiger partial charge < -0.3 is 5.11 Å². The molecule has 0 amide bonds. The number of carboxylic acid groups (broad SMARTS) is 1. The number of Topliss-reactive ketones (excluding diaryl/α,β-unsaturated/α-hetero) is 1. The van der Waals surface area contributed by atoms with Gasteiger partial charge in [0.1, 0.15) is 5.41 Å². The summed E-state index contributed by atoms with van der Waals surface area (Å²) in [4.78, 5) is 24.4. The fraction of sp³-hybridized carbons (Fsp3) is 0.556. The third-order valence-electron chi connectivity index (χ3n) is 5.33. The van der Waals surface area contributed by atoms with Gasteiger partial charge in [-0.15, -0.1) is 0 Å². The van der Waals surface area contributed by atoms with Gasteiger partial charge in [0.2, 0.25) is 0 Å². The Labute approximate surface area is 126 Å². The zero-order chi connectivity index (χ0) is 15.9. The van der Waals surface area contributed by atoms with Crippen LogP contribution < -0.4 is 0 Å². The molecule has 2 rings (SSSR count). The van der Waals surface area contributed by atoms with Crippen molar-refractivity contribution in [3.63, 3.8) is 0 Å². The van der Waals surface area contributed by atoms with E-state index < -0.39 is 11.4 Å². The molecule has 0 aliphatic heterocycles. The molecule has 0 saturated heterocycles. The normalized spacial score (nSPS) is 28.0. The molecule has 1 saturated carbocycles. The lowest BCUT2D eigenvalue weighted by Gasteiger charge is -2.48. The lowest BCUT2D eigenvalue weighted by atomic mass is 9.52. The van der Waals surface area contributed by atoms with E-state index in [2.05, 4.69) is 12.1 Å². The summed E-state index contributed by atoms with van der Waals surface area (Å²) in [6, 6.07) is 4.10. The Bertz CT molecular complexity index is 579. The summed E-state index contributed by atoms with van der Waals surface area (Å²) in [5, 5.41) is 9.58. The van der Waals surface area contributed by atoms with E-state index in [0.29, 0.717) is 12.3 Å². The van der Waals surface area contributed by atoms with Crippen molar-refractivity contribution in [1.82, 2.24) is 0 Å². The average molecular weight is 288 g/mol. The zero-order valence-corrected chi connectivity index (χ0v) is 13.5. The molecule has 1 fully saturated rings. The van der Waals surface area contributed by atoms with Crippen molar-refractivity contribution < 1.29 is 14.7 Å². The van der Waals surface area contributed by atoms with Gasteiger partial charge in [0, 0.05) is 6.42 Å². The van der Waals surface area contributed by atoms with Gasteiger partial charge in [-0.25, -0.2) is 0 Å². The van der Waals surface area contributed by atoms with Crippen LogP contribution in [-0.4, -0.2) is 16.9 Å². The highest BCUT2D eigenvalue weighted by molar-refractivity contribution is 6.05. The first-order valence-electron chi connectivity index (χ1n) is 7.53. The van der Waals surface area contributed by atoms with E-state index in [0.717, 1.165) is 16.7 Å². The molecule has 0 aromatic heterocycles. The summed E-state index contributed by atoms with van der Waals surface area (Å²) in [5.74, 6) is -0.894. The number of benzene rings is 1. The molecule has 0 spiro atoms. The summed E-state index contributed by atoms with van der Waals surface area (Å²) in [5.41, 5.74) is 3.11. The molecule has 3 unspecified atom stereocenters. The number of carbonyl (C=O) groups excluding carboxylic acids is 1. The van der Waals surface area contributed by atoms with Crippen molar-refractivity contribution in [2.45, 2.75) is 47.5 Å². The highest BCUT2D eigenvalue weighted by atomic mass is 16.4. The Morgan fingerprint density at radius 3 is 2.10 bits per heavy atom. The number of hydrogen-bond donors (Lipinski definition) is 1. The van der Waals surface area contributed by atoms with Crippen molar-refractivity contribution in [3.8, 4) is 0 Å². The molecule has 1 aromatic carbocycles. The van der Waals surface area contributed by atoms with Crippen LogP contribution >= 0.6 is 0 Å². The van der Waals surface area contributed by atoms with Crippen LogP contribution in [0.5, 0.6) is 0 Å². The molecular formula is C18H24O3. The molecular weight excluding hydrogens is 264 g/mol. The monoisotopic (exact) mass is 288 g/mol. The van der Waals surface area contributed by atoms with Crippen LogP contribution in [-0.2, 0) is 16.0 Å². The minimum absolute atomic E-state index is 0.0893.